The van der Waals surface area contributed by atoms with Crippen LogP contribution in [-0.2, 0) is 11.0 Å². The maximum Gasteiger partial charge on any atom is 0.161 e. The first-order chi connectivity index (χ1) is 30.9. The van der Waals surface area contributed by atoms with Gasteiger partial charge in [0.15, 0.2) is 5.76 Å². The van der Waals surface area contributed by atoms with Gasteiger partial charge in [-0.05, 0) is 106 Å². The number of nitrogens with one attached hydrogen (secondary N) is 1. The molecular formula is C59H50N2O2. The van der Waals surface area contributed by atoms with Gasteiger partial charge in [0, 0.05) is 5.56 Å². The number of fused-ring (bicyclic) bond motifs is 4. The van der Waals surface area contributed by atoms with E-state index in [1.54, 1.807) is 0 Å². The molecule has 4 N–H and O–H groups in total. The number of hydrogen-bond donors (Lipinski definition) is 3. The first kappa shape index (κ1) is 41.9. The minimum Gasteiger partial charge on any atom is -0.512 e. The van der Waals surface area contributed by atoms with Crippen LogP contribution in [0.25, 0.3) is 27.8 Å². The molecule has 0 aromatic heterocycles. The van der Waals surface area contributed by atoms with Gasteiger partial charge in [-0.15, -0.1) is 0 Å². The van der Waals surface area contributed by atoms with E-state index in [0.29, 0.717) is 11.5 Å². The highest BCUT2D eigenvalue weighted by molar-refractivity contribution is 5.96. The zero-order chi connectivity index (χ0) is 43.8. The van der Waals surface area contributed by atoms with Gasteiger partial charge in [-0.1, -0.05) is 212 Å². The molecule has 1 unspecified atom stereocenters. The molecule has 8 aromatic rings. The summed E-state index contributed by atoms with van der Waals surface area (Å²) in [5.41, 5.74) is 21.6. The van der Waals surface area contributed by atoms with Crippen molar-refractivity contribution in [3.05, 3.63) is 287 Å². The van der Waals surface area contributed by atoms with Crippen LogP contribution in [0, 0.1) is 12.3 Å². The molecule has 0 bridgehead atoms. The van der Waals surface area contributed by atoms with Gasteiger partial charge >= 0.3 is 0 Å². The second-order valence-electron chi connectivity index (χ2n) is 15.9. The Morgan fingerprint density at radius 1 is 0.540 bits per heavy atom. The van der Waals surface area contributed by atoms with Crippen LogP contribution in [0.5, 0.6) is 5.75 Å². The normalized spacial score (nSPS) is 15.3. The maximum absolute atomic E-state index is 10.4. The van der Waals surface area contributed by atoms with Crippen LogP contribution >= 0.6 is 0 Å². The molecule has 1 atom stereocenters. The SMILES string of the molecule is C=N.CC(N)(c1cccc(-c2ccccc2)c1)c1ccc2c(c1)OC(=C\O)/C=C\C1=C2c2ccccc2C1(c1ccccc1)c1ccccc1.Cc1cccc(-c2ccccc2)c1. The number of ether oxygens (including phenoxy) is 1. The van der Waals surface area contributed by atoms with Crippen LogP contribution in [0.3, 0.4) is 0 Å². The number of hydrogen-bond acceptors (Lipinski definition) is 4. The average Bonchev–Trinajstić information content (AvgIpc) is 3.64. The summed E-state index contributed by atoms with van der Waals surface area (Å²) in [6.07, 6.45) is 5.00. The third-order valence-corrected chi connectivity index (χ3v) is 12.0. The molecule has 8 aromatic carbocycles. The van der Waals surface area contributed by atoms with E-state index in [0.717, 1.165) is 50.8 Å². The summed E-state index contributed by atoms with van der Waals surface area (Å²) in [6, 6.07) is 74.0. The largest absolute Gasteiger partial charge is 0.512 e. The molecular weight excluding hydrogens is 769 g/mol. The number of aryl methyl sites for hydroxylation is 1. The number of nitrogens with two attached hydrogens (primary N) is 1. The highest BCUT2D eigenvalue weighted by Gasteiger charge is 2.48. The lowest BCUT2D eigenvalue weighted by Crippen LogP contribution is -2.34. The van der Waals surface area contributed by atoms with Gasteiger partial charge in [0.2, 0.25) is 0 Å². The number of rotatable bonds is 6. The van der Waals surface area contributed by atoms with E-state index in [-0.39, 0.29) is 0 Å². The standard InChI is InChI=1S/C45H35NO2.C13H12.CH3N/c1-44(46,35-21-13-16-32(28-35)31-14-5-2-6-15-31)36-24-26-39-42(29-36)48-37(30-47)25-27-41-43(39)38-22-11-12-23-40(38)45(41,33-17-7-3-8-18-33)34-19-9-4-10-20-34;1-11-6-5-9-13(10-11)12-7-3-2-4-8-12;1-2/h2-30,47H,46H2,1H3;2-10H,1H3;2H,1H2/b27-25-,37-30-;;. The average molecular weight is 819 g/mol. The van der Waals surface area contributed by atoms with Crippen LogP contribution in [0.2, 0.25) is 0 Å². The van der Waals surface area contributed by atoms with Crippen LogP contribution in [0.4, 0.5) is 0 Å². The molecule has 1 heterocycles. The van der Waals surface area contributed by atoms with E-state index < -0.39 is 11.0 Å². The van der Waals surface area contributed by atoms with E-state index in [1.165, 1.54) is 33.4 Å². The molecule has 4 nitrogen and oxygen atoms in total. The summed E-state index contributed by atoms with van der Waals surface area (Å²) in [4.78, 5) is 0. The van der Waals surface area contributed by atoms with Crippen molar-refractivity contribution in [1.29, 1.82) is 5.41 Å². The molecule has 4 heteroatoms. The Morgan fingerprint density at radius 2 is 1.05 bits per heavy atom. The zero-order valence-corrected chi connectivity index (χ0v) is 35.6. The number of aliphatic hydroxyl groups is 1. The van der Waals surface area contributed by atoms with E-state index in [9.17, 15) is 5.11 Å². The third-order valence-electron chi connectivity index (χ3n) is 12.0. The van der Waals surface area contributed by atoms with Crippen LogP contribution in [0.1, 0.15) is 51.4 Å². The van der Waals surface area contributed by atoms with Gasteiger partial charge in [-0.2, -0.15) is 0 Å². The lowest BCUT2D eigenvalue weighted by molar-refractivity contribution is 0.386. The molecule has 10 rings (SSSR count). The van der Waals surface area contributed by atoms with Gasteiger partial charge < -0.3 is 21.0 Å². The summed E-state index contributed by atoms with van der Waals surface area (Å²) >= 11 is 0. The Kier molecular flexibility index (Phi) is 12.3. The fourth-order valence-corrected chi connectivity index (χ4v) is 8.98. The predicted octanol–water partition coefficient (Wildman–Crippen LogP) is 14.0. The molecule has 0 fully saturated rings. The summed E-state index contributed by atoms with van der Waals surface area (Å²) in [7, 11) is 0. The zero-order valence-electron chi connectivity index (χ0n) is 35.6. The topological polar surface area (TPSA) is 79.3 Å². The highest BCUT2D eigenvalue weighted by Crippen LogP contribution is 2.58. The number of allylic oxidation sites excluding steroid dienone is 3. The molecule has 0 spiro atoms. The molecule has 63 heavy (non-hydrogen) atoms. The van der Waals surface area contributed by atoms with Crippen molar-refractivity contribution in [2.45, 2.75) is 24.8 Å². The van der Waals surface area contributed by atoms with E-state index in [1.807, 2.05) is 43.3 Å². The Bertz CT molecular complexity index is 2890. The third kappa shape index (κ3) is 8.08. The van der Waals surface area contributed by atoms with Crippen molar-refractivity contribution in [3.8, 4) is 28.0 Å². The fourth-order valence-electron chi connectivity index (χ4n) is 8.98. The molecule has 0 amide bonds. The Hall–Kier alpha value is -7.79. The smallest absolute Gasteiger partial charge is 0.161 e. The summed E-state index contributed by atoms with van der Waals surface area (Å²) in [6.45, 7) is 6.66. The van der Waals surface area contributed by atoms with Crippen molar-refractivity contribution in [2.24, 2.45) is 5.73 Å². The lowest BCUT2D eigenvalue weighted by Gasteiger charge is -2.35. The minimum absolute atomic E-state index is 0.343. The van der Waals surface area contributed by atoms with Crippen LogP contribution < -0.4 is 10.5 Å². The summed E-state index contributed by atoms with van der Waals surface area (Å²) in [5.74, 6) is 0.975. The molecule has 1 aliphatic carbocycles. The van der Waals surface area contributed by atoms with Crippen LogP contribution in [-0.4, -0.2) is 11.8 Å². The van der Waals surface area contributed by atoms with Gasteiger partial charge in [-0.3, -0.25) is 0 Å². The van der Waals surface area contributed by atoms with Crippen LogP contribution in [0.15, 0.2) is 242 Å². The predicted molar refractivity (Wildman–Crippen MR) is 261 cm³/mol. The summed E-state index contributed by atoms with van der Waals surface area (Å²) in [5, 5.41) is 15.9. The van der Waals surface area contributed by atoms with E-state index in [2.05, 4.69) is 202 Å². The monoisotopic (exact) mass is 818 g/mol. The van der Waals surface area contributed by atoms with E-state index >= 15 is 0 Å². The first-order valence-corrected chi connectivity index (χ1v) is 21.1. The molecule has 0 radical (unpaired) electrons. The minimum atomic E-state index is -0.826. The fraction of sp³-hybridized carbons (Fsp3) is 0.0678. The summed E-state index contributed by atoms with van der Waals surface area (Å²) < 4.78 is 6.49. The number of benzene rings is 8. The van der Waals surface area contributed by atoms with Crippen molar-refractivity contribution in [1.82, 2.24) is 0 Å². The van der Waals surface area contributed by atoms with Gasteiger partial charge in [-0.25, -0.2) is 0 Å². The molecule has 0 saturated heterocycles. The molecule has 0 saturated carbocycles. The van der Waals surface area contributed by atoms with Gasteiger partial charge in [0.25, 0.3) is 0 Å². The van der Waals surface area contributed by atoms with Gasteiger partial charge in [0.1, 0.15) is 12.0 Å². The number of aliphatic hydroxyl groups excluding tert-OH is 1. The van der Waals surface area contributed by atoms with E-state index in [4.69, 9.17) is 15.9 Å². The molecule has 308 valence electrons. The van der Waals surface area contributed by atoms with Crippen molar-refractivity contribution in [2.75, 3.05) is 0 Å². The quantitative estimate of drug-likeness (QED) is 0.115. The lowest BCUT2D eigenvalue weighted by atomic mass is 9.66. The van der Waals surface area contributed by atoms with Crippen molar-refractivity contribution < 1.29 is 9.84 Å². The second kappa shape index (κ2) is 18.4. The van der Waals surface area contributed by atoms with Crippen molar-refractivity contribution in [3.63, 3.8) is 0 Å². The second-order valence-corrected chi connectivity index (χ2v) is 15.9. The highest BCUT2D eigenvalue weighted by atomic mass is 16.5. The Labute approximate surface area is 371 Å². The molecule has 1 aliphatic heterocycles. The first-order valence-electron chi connectivity index (χ1n) is 21.1. The van der Waals surface area contributed by atoms with Gasteiger partial charge in [0.05, 0.1) is 11.0 Å². The maximum atomic E-state index is 10.4. The van der Waals surface area contributed by atoms with Crippen molar-refractivity contribution >= 4 is 12.3 Å². The molecule has 2 aliphatic rings. The Morgan fingerprint density at radius 3 is 1.63 bits per heavy atom. The Balaban J connectivity index is 0.000000308.